The Balaban J connectivity index is 1.74. The van der Waals surface area contributed by atoms with Gasteiger partial charge in [0.05, 0.1) is 29.7 Å². The van der Waals surface area contributed by atoms with Crippen LogP contribution in [0, 0.1) is 13.8 Å². The van der Waals surface area contributed by atoms with E-state index in [9.17, 15) is 13.2 Å². The molecular weight excluding hydrogens is 373 g/mol. The van der Waals surface area contributed by atoms with Crippen LogP contribution in [0.25, 0.3) is 22.6 Å². The second-order valence-corrected chi connectivity index (χ2v) is 6.37. The third kappa shape index (κ3) is 3.06. The lowest BCUT2D eigenvalue weighted by atomic mass is 10.1. The molecule has 4 aromatic rings. The van der Waals surface area contributed by atoms with E-state index in [4.69, 9.17) is 10.3 Å². The zero-order valence-electron chi connectivity index (χ0n) is 14.9. The molecule has 0 spiro atoms. The second kappa shape index (κ2) is 6.32. The van der Waals surface area contributed by atoms with Crippen LogP contribution in [-0.4, -0.2) is 24.7 Å². The van der Waals surface area contributed by atoms with Crippen molar-refractivity contribution in [2.45, 2.75) is 26.6 Å². The molecule has 0 saturated heterocycles. The summed E-state index contributed by atoms with van der Waals surface area (Å²) >= 11 is 0. The summed E-state index contributed by atoms with van der Waals surface area (Å²) in [5, 5.41) is 3.90. The summed E-state index contributed by atoms with van der Waals surface area (Å²) in [4.78, 5) is 13.1. The maximum atomic E-state index is 12.7. The van der Waals surface area contributed by atoms with Crippen molar-refractivity contribution < 1.29 is 17.7 Å². The summed E-state index contributed by atoms with van der Waals surface area (Å²) in [6.45, 7) is 3.81. The lowest BCUT2D eigenvalue weighted by molar-refractivity contribution is -0.137. The van der Waals surface area contributed by atoms with Crippen molar-refractivity contribution in [2.24, 2.45) is 0 Å². The van der Waals surface area contributed by atoms with Gasteiger partial charge in [-0.3, -0.25) is 0 Å². The number of benzene rings is 1. The molecule has 0 saturated carbocycles. The zero-order valence-corrected chi connectivity index (χ0v) is 14.9. The zero-order chi connectivity index (χ0) is 20.1. The van der Waals surface area contributed by atoms with Gasteiger partial charge in [-0.05, 0) is 31.5 Å². The van der Waals surface area contributed by atoms with Crippen molar-refractivity contribution in [3.05, 3.63) is 53.2 Å². The maximum Gasteiger partial charge on any atom is 0.416 e. The quantitative estimate of drug-likeness (QED) is 0.574. The summed E-state index contributed by atoms with van der Waals surface area (Å²) in [5.74, 6) is 1.12. The lowest BCUT2D eigenvalue weighted by Gasteiger charge is -2.09. The van der Waals surface area contributed by atoms with Crippen LogP contribution in [0.1, 0.15) is 22.6 Å². The van der Waals surface area contributed by atoms with Crippen molar-refractivity contribution in [2.75, 3.05) is 5.73 Å². The number of imidazole rings is 1. The predicted molar refractivity (Wildman–Crippen MR) is 95.3 cm³/mol. The molecule has 3 aromatic heterocycles. The Labute approximate surface area is 157 Å². The van der Waals surface area contributed by atoms with Gasteiger partial charge in [-0.1, -0.05) is 17.3 Å². The first kappa shape index (κ1) is 18.0. The van der Waals surface area contributed by atoms with E-state index in [1.807, 2.05) is 0 Å². The first-order chi connectivity index (χ1) is 13.2. The Morgan fingerprint density at radius 3 is 2.43 bits per heavy atom. The van der Waals surface area contributed by atoms with Gasteiger partial charge in [0.2, 0.25) is 0 Å². The van der Waals surface area contributed by atoms with Crippen molar-refractivity contribution in [1.82, 2.24) is 24.7 Å². The monoisotopic (exact) mass is 388 g/mol. The highest BCUT2D eigenvalue weighted by Gasteiger charge is 2.30. The minimum absolute atomic E-state index is 0.200. The fourth-order valence-electron chi connectivity index (χ4n) is 2.99. The van der Waals surface area contributed by atoms with Gasteiger partial charge in [-0.25, -0.2) is 15.0 Å². The average Bonchev–Trinajstić information content (AvgIpc) is 3.18. The highest BCUT2D eigenvalue weighted by atomic mass is 19.4. The molecule has 0 radical (unpaired) electrons. The van der Waals surface area contributed by atoms with Crippen LogP contribution < -0.4 is 5.73 Å². The minimum atomic E-state index is -4.37. The maximum absolute atomic E-state index is 12.7. The fourth-order valence-corrected chi connectivity index (χ4v) is 2.99. The fraction of sp³-hybridized carbons (Fsp3) is 0.222. The molecule has 0 aliphatic rings. The van der Waals surface area contributed by atoms with E-state index >= 15 is 0 Å². The van der Waals surface area contributed by atoms with Gasteiger partial charge in [0.25, 0.3) is 0 Å². The van der Waals surface area contributed by atoms with Crippen molar-refractivity contribution in [3.8, 4) is 11.4 Å². The first-order valence-electron chi connectivity index (χ1n) is 8.32. The molecule has 4 rings (SSSR count). The number of nitrogens with two attached hydrogens (primary N) is 1. The van der Waals surface area contributed by atoms with Crippen LogP contribution in [0.2, 0.25) is 0 Å². The minimum Gasteiger partial charge on any atom is -0.382 e. The molecule has 0 aliphatic heterocycles. The van der Waals surface area contributed by atoms with E-state index in [0.29, 0.717) is 39.6 Å². The Morgan fingerprint density at radius 2 is 1.82 bits per heavy atom. The van der Waals surface area contributed by atoms with Gasteiger partial charge in [-0.2, -0.15) is 13.2 Å². The van der Waals surface area contributed by atoms with Crippen molar-refractivity contribution in [3.63, 3.8) is 0 Å². The Hall–Kier alpha value is -3.43. The van der Waals surface area contributed by atoms with Gasteiger partial charge < -0.3 is 14.8 Å². The second-order valence-electron chi connectivity index (χ2n) is 6.37. The molecule has 7 nitrogen and oxygen atoms in total. The van der Waals surface area contributed by atoms with E-state index in [1.54, 1.807) is 18.4 Å². The molecule has 0 unspecified atom stereocenters. The van der Waals surface area contributed by atoms with Gasteiger partial charge in [0.1, 0.15) is 11.3 Å². The van der Waals surface area contributed by atoms with Crippen LogP contribution >= 0.6 is 0 Å². The third-order valence-corrected chi connectivity index (χ3v) is 4.38. The van der Waals surface area contributed by atoms with Crippen molar-refractivity contribution >= 4 is 17.0 Å². The van der Waals surface area contributed by atoms with Crippen LogP contribution in [0.5, 0.6) is 0 Å². The molecule has 0 atom stereocenters. The Bertz CT molecular complexity index is 1140. The van der Waals surface area contributed by atoms with Gasteiger partial charge in [0.15, 0.2) is 17.3 Å². The van der Waals surface area contributed by atoms with Crippen LogP contribution in [-0.2, 0) is 12.7 Å². The number of alkyl halides is 3. The number of fused-ring (bicyclic) bond motifs is 1. The number of nitrogen functional groups attached to an aromatic ring is 1. The summed E-state index contributed by atoms with van der Waals surface area (Å²) in [5.41, 5.74) is 8.18. The van der Waals surface area contributed by atoms with E-state index in [0.717, 1.165) is 12.1 Å². The van der Waals surface area contributed by atoms with Crippen LogP contribution in [0.15, 0.2) is 35.1 Å². The van der Waals surface area contributed by atoms with Gasteiger partial charge in [0, 0.05) is 0 Å². The number of aromatic nitrogens is 5. The SMILES string of the molecule is Cc1noc(C)c1-c1nc(N)c2ncn(Cc3ccc(C(F)(F)F)cc3)c2n1. The molecule has 0 amide bonds. The predicted octanol–water partition coefficient (Wildman–Crippen LogP) is 3.75. The standard InChI is InChI=1S/C18H15F3N6O/c1-9-13(10(2)28-26-9)16-24-15(22)14-17(25-16)27(8-23-14)7-11-3-5-12(6-4-11)18(19,20)21/h3-6,8H,7H2,1-2H3,(H2,22,24,25). The molecule has 0 aliphatic carbocycles. The number of hydrogen-bond donors (Lipinski definition) is 1. The topological polar surface area (TPSA) is 95.6 Å². The summed E-state index contributed by atoms with van der Waals surface area (Å²) in [7, 11) is 0. The van der Waals surface area contributed by atoms with E-state index in [2.05, 4.69) is 20.1 Å². The van der Waals surface area contributed by atoms with Crippen LogP contribution in [0.3, 0.4) is 0 Å². The molecule has 28 heavy (non-hydrogen) atoms. The number of hydrogen-bond acceptors (Lipinski definition) is 6. The van der Waals surface area contributed by atoms with Crippen molar-refractivity contribution in [1.29, 1.82) is 0 Å². The summed E-state index contributed by atoms with van der Waals surface area (Å²) in [6.07, 6.45) is -2.84. The van der Waals surface area contributed by atoms with Gasteiger partial charge >= 0.3 is 6.18 Å². The number of halogens is 3. The van der Waals surface area contributed by atoms with E-state index in [-0.39, 0.29) is 12.4 Å². The lowest BCUT2D eigenvalue weighted by Crippen LogP contribution is -2.06. The molecule has 144 valence electrons. The average molecular weight is 388 g/mol. The third-order valence-electron chi connectivity index (χ3n) is 4.38. The number of aryl methyl sites for hydroxylation is 2. The largest absolute Gasteiger partial charge is 0.416 e. The number of nitrogens with zero attached hydrogens (tertiary/aromatic N) is 5. The molecule has 0 fully saturated rings. The summed E-state index contributed by atoms with van der Waals surface area (Å²) < 4.78 is 45.1. The van der Waals surface area contributed by atoms with E-state index < -0.39 is 11.7 Å². The molecule has 2 N–H and O–H groups in total. The normalized spacial score (nSPS) is 12.0. The smallest absolute Gasteiger partial charge is 0.382 e. The molecular formula is C18H15F3N6O. The van der Waals surface area contributed by atoms with Gasteiger partial charge in [-0.15, -0.1) is 0 Å². The number of rotatable bonds is 3. The number of anilines is 1. The first-order valence-corrected chi connectivity index (χ1v) is 8.32. The van der Waals surface area contributed by atoms with Crippen LogP contribution in [0.4, 0.5) is 19.0 Å². The highest BCUT2D eigenvalue weighted by Crippen LogP contribution is 2.30. The Morgan fingerprint density at radius 1 is 1.11 bits per heavy atom. The van der Waals surface area contributed by atoms with E-state index in [1.165, 1.54) is 18.5 Å². The molecule has 3 heterocycles. The molecule has 0 bridgehead atoms. The Kier molecular flexibility index (Phi) is 4.06. The molecule has 1 aromatic carbocycles. The summed E-state index contributed by atoms with van der Waals surface area (Å²) in [6, 6.07) is 4.95. The molecule has 10 heteroatoms. The highest BCUT2D eigenvalue weighted by molar-refractivity contribution is 5.84.